The van der Waals surface area contributed by atoms with E-state index in [1.54, 1.807) is 19.0 Å². The molecule has 130 valence electrons. The molecular formula is C18H26N4O2. The number of carbonyl (C=O) groups excluding carboxylic acids is 2. The second-order valence-electron chi connectivity index (χ2n) is 7.01. The number of likely N-dealkylation sites (N-methyl/N-ethyl adjacent to an activating group) is 1. The summed E-state index contributed by atoms with van der Waals surface area (Å²) in [6.45, 7) is 3.85. The summed E-state index contributed by atoms with van der Waals surface area (Å²) in [5, 5.41) is 0. The van der Waals surface area contributed by atoms with Crippen molar-refractivity contribution in [1.82, 2.24) is 19.7 Å². The molecule has 0 aromatic carbocycles. The van der Waals surface area contributed by atoms with Crippen LogP contribution in [-0.2, 0) is 16.1 Å². The molecule has 0 N–H and O–H groups in total. The van der Waals surface area contributed by atoms with E-state index in [0.29, 0.717) is 19.5 Å². The number of amides is 2. The van der Waals surface area contributed by atoms with Crippen LogP contribution >= 0.6 is 0 Å². The maximum Gasteiger partial charge on any atom is 0.236 e. The Bertz CT molecular complexity index is 631. The van der Waals surface area contributed by atoms with Gasteiger partial charge in [0.05, 0.1) is 18.8 Å². The third-order valence-electron chi connectivity index (χ3n) is 5.12. The third kappa shape index (κ3) is 3.43. The van der Waals surface area contributed by atoms with Crippen molar-refractivity contribution in [1.29, 1.82) is 0 Å². The fourth-order valence-corrected chi connectivity index (χ4v) is 3.82. The number of likely N-dealkylation sites (tertiary alicyclic amines) is 2. The zero-order valence-corrected chi connectivity index (χ0v) is 14.7. The van der Waals surface area contributed by atoms with Gasteiger partial charge in [-0.15, -0.1) is 0 Å². The Labute approximate surface area is 143 Å². The highest BCUT2D eigenvalue weighted by Crippen LogP contribution is 2.32. The van der Waals surface area contributed by atoms with Gasteiger partial charge in [-0.05, 0) is 31.9 Å². The molecule has 6 heteroatoms. The van der Waals surface area contributed by atoms with Gasteiger partial charge in [0, 0.05) is 44.8 Å². The standard InChI is InChI=1S/C18H26N4O2/c1-13-5-4-6-14(19-13)11-22-16-9-10-21(12-18(24)20(2)3)15(16)7-8-17(22)23/h4-6,15-16H,7-12H2,1-3H3/t15-,16-/m1/s1. The van der Waals surface area contributed by atoms with Crippen LogP contribution < -0.4 is 0 Å². The Morgan fingerprint density at radius 1 is 1.29 bits per heavy atom. The third-order valence-corrected chi connectivity index (χ3v) is 5.12. The monoisotopic (exact) mass is 330 g/mol. The van der Waals surface area contributed by atoms with E-state index < -0.39 is 0 Å². The maximum absolute atomic E-state index is 12.5. The lowest BCUT2D eigenvalue weighted by Gasteiger charge is -2.39. The van der Waals surface area contributed by atoms with Crippen LogP contribution in [0.1, 0.15) is 30.7 Å². The van der Waals surface area contributed by atoms with Crippen LogP contribution in [0.2, 0.25) is 0 Å². The van der Waals surface area contributed by atoms with E-state index in [2.05, 4.69) is 9.88 Å². The summed E-state index contributed by atoms with van der Waals surface area (Å²) in [4.78, 5) is 34.9. The van der Waals surface area contributed by atoms with Crippen molar-refractivity contribution in [3.63, 3.8) is 0 Å². The van der Waals surface area contributed by atoms with Gasteiger partial charge >= 0.3 is 0 Å². The van der Waals surface area contributed by atoms with E-state index in [9.17, 15) is 9.59 Å². The molecule has 0 aliphatic carbocycles. The van der Waals surface area contributed by atoms with Crippen molar-refractivity contribution in [2.75, 3.05) is 27.2 Å². The van der Waals surface area contributed by atoms with Crippen molar-refractivity contribution < 1.29 is 9.59 Å². The molecule has 0 bridgehead atoms. The van der Waals surface area contributed by atoms with Crippen LogP contribution in [0.4, 0.5) is 0 Å². The molecule has 0 radical (unpaired) electrons. The van der Waals surface area contributed by atoms with E-state index in [1.165, 1.54) is 0 Å². The Morgan fingerprint density at radius 3 is 2.79 bits per heavy atom. The van der Waals surface area contributed by atoms with Gasteiger partial charge in [-0.25, -0.2) is 0 Å². The van der Waals surface area contributed by atoms with Crippen molar-refractivity contribution in [3.05, 3.63) is 29.6 Å². The Balaban J connectivity index is 1.72. The quantitative estimate of drug-likeness (QED) is 0.828. The number of carbonyl (C=O) groups is 2. The van der Waals surface area contributed by atoms with Gasteiger partial charge in [0.15, 0.2) is 0 Å². The highest BCUT2D eigenvalue weighted by Gasteiger charge is 2.43. The molecular weight excluding hydrogens is 304 g/mol. The van der Waals surface area contributed by atoms with E-state index in [0.717, 1.165) is 30.8 Å². The molecule has 2 aliphatic heterocycles. The van der Waals surface area contributed by atoms with E-state index in [-0.39, 0.29) is 23.9 Å². The van der Waals surface area contributed by atoms with Crippen molar-refractivity contribution >= 4 is 11.8 Å². The molecule has 0 unspecified atom stereocenters. The minimum atomic E-state index is 0.124. The van der Waals surface area contributed by atoms with Crippen LogP contribution in [0.15, 0.2) is 18.2 Å². The molecule has 1 aromatic rings. The van der Waals surface area contributed by atoms with Gasteiger partial charge in [0.1, 0.15) is 0 Å². The lowest BCUT2D eigenvalue weighted by Crippen LogP contribution is -2.53. The topological polar surface area (TPSA) is 56.8 Å². The predicted octanol–water partition coefficient (Wildman–Crippen LogP) is 1.04. The SMILES string of the molecule is Cc1cccc(CN2C(=O)CC[C@@H]3[C@H]2CCN3CC(=O)N(C)C)n1. The van der Waals surface area contributed by atoms with Crippen LogP contribution in [-0.4, -0.2) is 70.8 Å². The van der Waals surface area contributed by atoms with Crippen LogP contribution in [0.5, 0.6) is 0 Å². The van der Waals surface area contributed by atoms with E-state index >= 15 is 0 Å². The lowest BCUT2D eigenvalue weighted by molar-refractivity contribution is -0.139. The summed E-state index contributed by atoms with van der Waals surface area (Å²) < 4.78 is 0. The first-order valence-electron chi connectivity index (χ1n) is 8.62. The molecule has 3 heterocycles. The Morgan fingerprint density at radius 2 is 2.08 bits per heavy atom. The van der Waals surface area contributed by atoms with Crippen molar-refractivity contribution in [2.45, 2.75) is 44.8 Å². The van der Waals surface area contributed by atoms with Gasteiger partial charge in [-0.3, -0.25) is 19.5 Å². The molecule has 2 aliphatic rings. The van der Waals surface area contributed by atoms with Gasteiger partial charge in [0.25, 0.3) is 0 Å². The Kier molecular flexibility index (Phi) is 4.85. The lowest BCUT2D eigenvalue weighted by atomic mass is 9.96. The minimum Gasteiger partial charge on any atom is -0.348 e. The maximum atomic E-state index is 12.5. The summed E-state index contributed by atoms with van der Waals surface area (Å²) in [6, 6.07) is 6.42. The minimum absolute atomic E-state index is 0.124. The number of hydrogen-bond acceptors (Lipinski definition) is 4. The molecule has 1 aromatic heterocycles. The second kappa shape index (κ2) is 6.89. The number of piperidine rings is 1. The molecule has 0 saturated carbocycles. The number of fused-ring (bicyclic) bond motifs is 1. The van der Waals surface area contributed by atoms with Crippen LogP contribution in [0.3, 0.4) is 0 Å². The highest BCUT2D eigenvalue weighted by atomic mass is 16.2. The molecule has 24 heavy (non-hydrogen) atoms. The van der Waals surface area contributed by atoms with E-state index in [4.69, 9.17) is 0 Å². The molecule has 0 spiro atoms. The normalized spacial score (nSPS) is 24.1. The zero-order valence-electron chi connectivity index (χ0n) is 14.7. The molecule has 2 atom stereocenters. The number of rotatable bonds is 4. The van der Waals surface area contributed by atoms with Crippen molar-refractivity contribution in [2.24, 2.45) is 0 Å². The molecule has 6 nitrogen and oxygen atoms in total. The number of hydrogen-bond donors (Lipinski definition) is 0. The molecule has 3 rings (SSSR count). The summed E-state index contributed by atoms with van der Waals surface area (Å²) in [5.74, 6) is 0.333. The smallest absolute Gasteiger partial charge is 0.236 e. The fraction of sp³-hybridized carbons (Fsp3) is 0.611. The van der Waals surface area contributed by atoms with E-state index in [1.807, 2.05) is 30.0 Å². The summed E-state index contributed by atoms with van der Waals surface area (Å²) in [7, 11) is 3.58. The average molecular weight is 330 g/mol. The van der Waals surface area contributed by atoms with Gasteiger partial charge in [-0.1, -0.05) is 6.07 Å². The zero-order chi connectivity index (χ0) is 17.3. The summed E-state index contributed by atoms with van der Waals surface area (Å²) in [5.41, 5.74) is 1.91. The van der Waals surface area contributed by atoms with Crippen LogP contribution in [0, 0.1) is 6.92 Å². The predicted molar refractivity (Wildman–Crippen MR) is 91.2 cm³/mol. The fourth-order valence-electron chi connectivity index (χ4n) is 3.82. The summed E-state index contributed by atoms with van der Waals surface area (Å²) >= 11 is 0. The number of pyridine rings is 1. The number of aromatic nitrogens is 1. The molecule has 2 amide bonds. The molecule has 2 saturated heterocycles. The van der Waals surface area contributed by atoms with Gasteiger partial charge in [0.2, 0.25) is 11.8 Å². The number of aryl methyl sites for hydroxylation is 1. The Hall–Kier alpha value is -1.95. The second-order valence-corrected chi connectivity index (χ2v) is 7.01. The average Bonchev–Trinajstić information content (AvgIpc) is 2.93. The summed E-state index contributed by atoms with van der Waals surface area (Å²) in [6.07, 6.45) is 2.34. The van der Waals surface area contributed by atoms with Gasteiger partial charge in [-0.2, -0.15) is 0 Å². The largest absolute Gasteiger partial charge is 0.348 e. The van der Waals surface area contributed by atoms with Gasteiger partial charge < -0.3 is 9.80 Å². The first-order valence-corrected chi connectivity index (χ1v) is 8.62. The highest BCUT2D eigenvalue weighted by molar-refractivity contribution is 5.79. The van der Waals surface area contributed by atoms with Crippen molar-refractivity contribution in [3.8, 4) is 0 Å². The molecule has 2 fully saturated rings. The first-order chi connectivity index (χ1) is 11.5. The number of nitrogens with zero attached hydrogens (tertiary/aromatic N) is 4. The first kappa shape index (κ1) is 16.9. The van der Waals surface area contributed by atoms with Crippen LogP contribution in [0.25, 0.3) is 0 Å².